The van der Waals surface area contributed by atoms with E-state index in [2.05, 4.69) is 25.6 Å². The Hall–Kier alpha value is -0.990. The van der Waals surface area contributed by atoms with Crippen molar-refractivity contribution in [1.29, 1.82) is 0 Å². The molecule has 8 heteroatoms. The molecule has 0 aromatic carbocycles. The van der Waals surface area contributed by atoms with Crippen LogP contribution in [0.3, 0.4) is 0 Å². The molecule has 0 bridgehead atoms. The molecule has 1 unspecified atom stereocenters. The molecule has 1 rings (SSSR count). The first-order valence-corrected chi connectivity index (χ1v) is 8.75. The average molecular weight is 378 g/mol. The highest BCUT2D eigenvalue weighted by molar-refractivity contribution is 9.10. The number of amides is 1. The monoisotopic (exact) mass is 377 g/mol. The van der Waals surface area contributed by atoms with Crippen LogP contribution >= 0.6 is 15.9 Å². The van der Waals surface area contributed by atoms with E-state index < -0.39 is 16.1 Å². The van der Waals surface area contributed by atoms with Gasteiger partial charge < -0.3 is 4.90 Å². The fourth-order valence-electron chi connectivity index (χ4n) is 1.78. The lowest BCUT2D eigenvalue weighted by atomic mass is 10.0. The summed E-state index contributed by atoms with van der Waals surface area (Å²) in [6.07, 6.45) is 3.17. The third-order valence-electron chi connectivity index (χ3n) is 2.73. The Morgan fingerprint density at radius 3 is 2.48 bits per heavy atom. The molecule has 6 nitrogen and oxygen atoms in total. The minimum Gasteiger partial charge on any atom is -0.347 e. The molecule has 1 amide bonds. The van der Waals surface area contributed by atoms with Crippen LogP contribution in [0, 0.1) is 5.92 Å². The molecule has 0 fully saturated rings. The number of hydrogen-bond acceptors (Lipinski definition) is 4. The number of rotatable bonds is 6. The van der Waals surface area contributed by atoms with E-state index in [0.717, 1.165) is 0 Å². The van der Waals surface area contributed by atoms with Crippen LogP contribution in [-0.2, 0) is 14.8 Å². The van der Waals surface area contributed by atoms with E-state index in [-0.39, 0.29) is 16.7 Å². The molecule has 1 atom stereocenters. The number of likely N-dealkylation sites (N-methyl/N-ethyl adjacent to an activating group) is 1. The standard InChI is InChI=1S/C13H20BrN3O3S/c1-9(2)5-12(13(18)17(3)4)16-21(19,20)11-6-10(14)7-15-8-11/h6-9,12,16H,5H2,1-4H3. The number of pyridine rings is 1. The SMILES string of the molecule is CC(C)CC(NS(=O)(=O)c1cncc(Br)c1)C(=O)N(C)C. The molecule has 0 saturated heterocycles. The molecule has 0 aliphatic heterocycles. The summed E-state index contributed by atoms with van der Waals surface area (Å²) in [6.45, 7) is 3.87. The van der Waals surface area contributed by atoms with Gasteiger partial charge in [0, 0.05) is 31.0 Å². The van der Waals surface area contributed by atoms with Crippen molar-refractivity contribution in [2.24, 2.45) is 5.92 Å². The van der Waals surface area contributed by atoms with Gasteiger partial charge >= 0.3 is 0 Å². The molecule has 0 aliphatic carbocycles. The molecule has 1 N–H and O–H groups in total. The van der Waals surface area contributed by atoms with Crippen LogP contribution in [-0.4, -0.2) is 44.3 Å². The first-order valence-electron chi connectivity index (χ1n) is 6.47. The maximum Gasteiger partial charge on any atom is 0.242 e. The zero-order valence-corrected chi connectivity index (χ0v) is 14.9. The highest BCUT2D eigenvalue weighted by atomic mass is 79.9. The van der Waals surface area contributed by atoms with Crippen LogP contribution in [0.1, 0.15) is 20.3 Å². The van der Waals surface area contributed by atoms with Gasteiger partial charge in [-0.15, -0.1) is 0 Å². The minimum atomic E-state index is -3.80. The van der Waals surface area contributed by atoms with Crippen molar-refractivity contribution < 1.29 is 13.2 Å². The van der Waals surface area contributed by atoms with Crippen LogP contribution in [0.25, 0.3) is 0 Å². The van der Waals surface area contributed by atoms with Gasteiger partial charge in [-0.2, -0.15) is 4.72 Å². The lowest BCUT2D eigenvalue weighted by Crippen LogP contribution is -2.46. The van der Waals surface area contributed by atoms with Gasteiger partial charge in [0.05, 0.1) is 0 Å². The number of nitrogens with zero attached hydrogens (tertiary/aromatic N) is 2. The molecule has 1 aromatic rings. The third-order valence-corrected chi connectivity index (χ3v) is 4.61. The average Bonchev–Trinajstić information content (AvgIpc) is 2.36. The van der Waals surface area contributed by atoms with Gasteiger partial charge in [0.25, 0.3) is 0 Å². The molecule has 1 heterocycles. The minimum absolute atomic E-state index is 0.0252. The van der Waals surface area contributed by atoms with Gasteiger partial charge in [0.2, 0.25) is 15.9 Å². The number of sulfonamides is 1. The van der Waals surface area contributed by atoms with Gasteiger partial charge in [-0.05, 0) is 34.3 Å². The van der Waals surface area contributed by atoms with Gasteiger partial charge in [-0.25, -0.2) is 8.42 Å². The summed E-state index contributed by atoms with van der Waals surface area (Å²) in [5.74, 6) is -0.0857. The molecule has 118 valence electrons. The first kappa shape index (κ1) is 18.1. The van der Waals surface area contributed by atoms with Crippen molar-refractivity contribution in [2.75, 3.05) is 14.1 Å². The molecule has 1 aromatic heterocycles. The predicted molar refractivity (Wildman–Crippen MR) is 84.2 cm³/mol. The van der Waals surface area contributed by atoms with E-state index in [9.17, 15) is 13.2 Å². The van der Waals surface area contributed by atoms with E-state index >= 15 is 0 Å². The van der Waals surface area contributed by atoms with E-state index in [1.807, 2.05) is 13.8 Å². The number of carbonyl (C=O) groups excluding carboxylic acids is 1. The van der Waals surface area contributed by atoms with E-state index in [0.29, 0.717) is 10.9 Å². The van der Waals surface area contributed by atoms with Crippen molar-refractivity contribution in [1.82, 2.24) is 14.6 Å². The zero-order valence-electron chi connectivity index (χ0n) is 12.5. The van der Waals surface area contributed by atoms with Gasteiger partial charge in [0.1, 0.15) is 10.9 Å². The number of hydrogen-bond donors (Lipinski definition) is 1. The molecule has 21 heavy (non-hydrogen) atoms. The topological polar surface area (TPSA) is 79.4 Å². The summed E-state index contributed by atoms with van der Waals surface area (Å²) < 4.78 is 27.8. The second-order valence-electron chi connectivity index (χ2n) is 5.37. The Morgan fingerprint density at radius 1 is 1.38 bits per heavy atom. The first-order chi connectivity index (χ1) is 9.63. The zero-order chi connectivity index (χ0) is 16.2. The van der Waals surface area contributed by atoms with Crippen molar-refractivity contribution in [2.45, 2.75) is 31.2 Å². The fourth-order valence-corrected chi connectivity index (χ4v) is 3.48. The smallest absolute Gasteiger partial charge is 0.242 e. The molecule has 0 aliphatic rings. The van der Waals surface area contributed by atoms with E-state index in [1.54, 1.807) is 14.1 Å². The second kappa shape index (κ2) is 7.33. The lowest BCUT2D eigenvalue weighted by molar-refractivity contribution is -0.130. The molecule has 0 radical (unpaired) electrons. The van der Waals surface area contributed by atoms with E-state index in [4.69, 9.17) is 0 Å². The molecular formula is C13H20BrN3O3S. The number of nitrogens with one attached hydrogen (secondary N) is 1. The van der Waals surface area contributed by atoms with Crippen LogP contribution in [0.15, 0.2) is 27.8 Å². The molecule has 0 saturated carbocycles. The van der Waals surface area contributed by atoms with Crippen molar-refractivity contribution in [3.63, 3.8) is 0 Å². The Labute approximate surface area is 134 Å². The third kappa shape index (κ3) is 5.37. The Balaban J connectivity index is 3.04. The van der Waals surface area contributed by atoms with E-state index in [1.165, 1.54) is 23.4 Å². The number of carbonyl (C=O) groups is 1. The number of aromatic nitrogens is 1. The predicted octanol–water partition coefficient (Wildman–Crippen LogP) is 1.63. The van der Waals surface area contributed by atoms with Gasteiger partial charge in [-0.1, -0.05) is 13.8 Å². The van der Waals surface area contributed by atoms with Crippen LogP contribution in [0.4, 0.5) is 0 Å². The highest BCUT2D eigenvalue weighted by Gasteiger charge is 2.27. The van der Waals surface area contributed by atoms with Gasteiger partial charge in [0.15, 0.2) is 0 Å². The summed E-state index contributed by atoms with van der Waals surface area (Å²) in [5, 5.41) is 0. The summed E-state index contributed by atoms with van der Waals surface area (Å²) in [7, 11) is -0.593. The normalized spacial score (nSPS) is 13.2. The Morgan fingerprint density at radius 2 is 2.00 bits per heavy atom. The summed E-state index contributed by atoms with van der Waals surface area (Å²) in [5.41, 5.74) is 0. The maximum atomic E-state index is 12.4. The lowest BCUT2D eigenvalue weighted by Gasteiger charge is -2.23. The summed E-state index contributed by atoms with van der Waals surface area (Å²) in [4.78, 5) is 17.4. The maximum absolute atomic E-state index is 12.4. The quantitative estimate of drug-likeness (QED) is 0.816. The van der Waals surface area contributed by atoms with Gasteiger partial charge in [-0.3, -0.25) is 9.78 Å². The summed E-state index contributed by atoms with van der Waals surface area (Å²) >= 11 is 3.18. The Bertz CT molecular complexity index is 602. The van der Waals surface area contributed by atoms with Crippen molar-refractivity contribution in [3.8, 4) is 0 Å². The van der Waals surface area contributed by atoms with Crippen LogP contribution in [0.5, 0.6) is 0 Å². The van der Waals surface area contributed by atoms with Crippen molar-refractivity contribution >= 4 is 31.9 Å². The second-order valence-corrected chi connectivity index (χ2v) is 8.00. The number of halogens is 1. The molecule has 0 spiro atoms. The van der Waals surface area contributed by atoms with Crippen LogP contribution < -0.4 is 4.72 Å². The molecular weight excluding hydrogens is 358 g/mol. The highest BCUT2D eigenvalue weighted by Crippen LogP contribution is 2.16. The van der Waals surface area contributed by atoms with Crippen molar-refractivity contribution in [3.05, 3.63) is 22.9 Å². The summed E-state index contributed by atoms with van der Waals surface area (Å²) in [6, 6.07) is 0.658. The fraction of sp³-hybridized carbons (Fsp3) is 0.538. The largest absolute Gasteiger partial charge is 0.347 e. The Kier molecular flexibility index (Phi) is 6.30. The van der Waals surface area contributed by atoms with Crippen LogP contribution in [0.2, 0.25) is 0 Å².